The van der Waals surface area contributed by atoms with Crippen LogP contribution in [-0.2, 0) is 19.0 Å². The van der Waals surface area contributed by atoms with Crippen molar-refractivity contribution in [2.75, 3.05) is 18.0 Å². The van der Waals surface area contributed by atoms with E-state index in [1.54, 1.807) is 35.4 Å². The molecule has 9 heteroatoms. The fourth-order valence-corrected chi connectivity index (χ4v) is 5.83. The molecule has 234 valence electrons. The molecular formula is C37H32F3N3O3. The smallest absolute Gasteiger partial charge is 0.420 e. The van der Waals surface area contributed by atoms with Crippen LogP contribution in [0.15, 0.2) is 102 Å². The molecule has 1 aliphatic rings. The molecule has 0 N–H and O–H groups in total. The number of carbonyl (C=O) groups is 2. The minimum Gasteiger partial charge on any atom is -0.420 e. The zero-order chi connectivity index (χ0) is 32.3. The predicted molar refractivity (Wildman–Crippen MR) is 169 cm³/mol. The van der Waals surface area contributed by atoms with Crippen LogP contribution in [0.5, 0.6) is 0 Å². The number of hydrogen-bond acceptors (Lipinski definition) is 6. The number of oxazole rings is 1. The van der Waals surface area contributed by atoms with Crippen molar-refractivity contribution in [3.05, 3.63) is 137 Å². The molecule has 3 heterocycles. The van der Waals surface area contributed by atoms with Crippen LogP contribution in [0.3, 0.4) is 0 Å². The highest BCUT2D eigenvalue weighted by Gasteiger charge is 2.42. The van der Waals surface area contributed by atoms with Crippen LogP contribution < -0.4 is 4.90 Å². The Morgan fingerprint density at radius 1 is 0.826 bits per heavy atom. The Balaban J connectivity index is 1.11. The number of alkyl halides is 3. The van der Waals surface area contributed by atoms with Crippen LogP contribution in [0.2, 0.25) is 0 Å². The Labute approximate surface area is 264 Å². The van der Waals surface area contributed by atoms with Gasteiger partial charge in [0.15, 0.2) is 11.5 Å². The van der Waals surface area contributed by atoms with Crippen molar-refractivity contribution >= 4 is 17.6 Å². The molecule has 1 aliphatic heterocycles. The molecule has 0 aliphatic carbocycles. The molecule has 0 amide bonds. The first-order chi connectivity index (χ1) is 22.2. The lowest BCUT2D eigenvalue weighted by Gasteiger charge is -2.31. The summed E-state index contributed by atoms with van der Waals surface area (Å²) in [5.41, 5.74) is 4.38. The normalized spacial score (nSPS) is 14.0. The van der Waals surface area contributed by atoms with Gasteiger partial charge in [-0.25, -0.2) is 0 Å². The van der Waals surface area contributed by atoms with Gasteiger partial charge in [0.25, 0.3) is 6.01 Å². The molecule has 0 bridgehead atoms. The molecule has 0 radical (unpaired) electrons. The topological polar surface area (TPSA) is 76.3 Å². The van der Waals surface area contributed by atoms with E-state index >= 15 is 0 Å². The number of benzene rings is 3. The highest BCUT2D eigenvalue weighted by molar-refractivity contribution is 5.98. The number of ketones is 2. The van der Waals surface area contributed by atoms with Gasteiger partial charge in [0.1, 0.15) is 0 Å². The quantitative estimate of drug-likeness (QED) is 0.154. The van der Waals surface area contributed by atoms with Gasteiger partial charge in [-0.3, -0.25) is 14.6 Å². The molecule has 2 aromatic heterocycles. The number of Topliss-reactive ketones (excluding diaryl/α,β-unsaturated/α-hetero) is 2. The van der Waals surface area contributed by atoms with Crippen LogP contribution in [0.4, 0.5) is 19.2 Å². The van der Waals surface area contributed by atoms with E-state index in [9.17, 15) is 22.8 Å². The second-order valence-electron chi connectivity index (χ2n) is 11.6. The second kappa shape index (κ2) is 13.1. The Morgan fingerprint density at radius 2 is 1.50 bits per heavy atom. The molecule has 0 saturated carbocycles. The van der Waals surface area contributed by atoms with Crippen molar-refractivity contribution in [2.24, 2.45) is 0 Å². The average Bonchev–Trinajstić information content (AvgIpc) is 3.54. The summed E-state index contributed by atoms with van der Waals surface area (Å²) in [7, 11) is 0. The lowest BCUT2D eigenvalue weighted by atomic mass is 9.90. The number of piperidine rings is 1. The Bertz CT molecular complexity index is 1820. The van der Waals surface area contributed by atoms with E-state index in [0.717, 1.165) is 35.1 Å². The standard InChI is InChI=1S/C37H32F3N3O3/c1-24-7-5-6-10-29(24)21-32(44)28-13-11-26(12-14-28)30-15-16-31(41-23-30)22-33(45)34-35(37(38,39)40)42-36(46-34)43-19-17-27(18-20-43)25-8-3-2-4-9-25/h2-16,23,27H,17-22H2,1H3. The minimum absolute atomic E-state index is 0.0123. The van der Waals surface area contributed by atoms with E-state index in [-0.39, 0.29) is 18.2 Å². The Hall–Kier alpha value is -5.05. The highest BCUT2D eigenvalue weighted by Crippen LogP contribution is 2.37. The van der Waals surface area contributed by atoms with Crippen molar-refractivity contribution < 1.29 is 27.2 Å². The fraction of sp³-hybridized carbons (Fsp3) is 0.243. The number of rotatable bonds is 9. The highest BCUT2D eigenvalue weighted by atomic mass is 19.4. The van der Waals surface area contributed by atoms with Crippen molar-refractivity contribution in [1.29, 1.82) is 0 Å². The Morgan fingerprint density at radius 3 is 2.15 bits per heavy atom. The maximum atomic E-state index is 13.9. The number of anilines is 1. The average molecular weight is 624 g/mol. The van der Waals surface area contributed by atoms with E-state index in [4.69, 9.17) is 4.42 Å². The molecule has 46 heavy (non-hydrogen) atoms. The van der Waals surface area contributed by atoms with Crippen LogP contribution >= 0.6 is 0 Å². The van der Waals surface area contributed by atoms with E-state index in [0.29, 0.717) is 36.7 Å². The first-order valence-electron chi connectivity index (χ1n) is 15.2. The molecule has 0 atom stereocenters. The van der Waals surface area contributed by atoms with Gasteiger partial charge in [-0.1, -0.05) is 84.9 Å². The number of nitrogens with zero attached hydrogens (tertiary/aromatic N) is 3. The van der Waals surface area contributed by atoms with Crippen LogP contribution in [0.1, 0.15) is 67.8 Å². The number of halogens is 3. The van der Waals surface area contributed by atoms with Crippen molar-refractivity contribution in [2.45, 2.75) is 44.7 Å². The first-order valence-corrected chi connectivity index (χ1v) is 15.2. The van der Waals surface area contributed by atoms with Crippen molar-refractivity contribution in [1.82, 2.24) is 9.97 Å². The molecule has 1 fully saturated rings. The minimum atomic E-state index is -4.85. The summed E-state index contributed by atoms with van der Waals surface area (Å²) in [5, 5.41) is 0. The SMILES string of the molecule is Cc1ccccc1CC(=O)c1ccc(-c2ccc(CC(=O)c3oc(N4CCC(c5ccccc5)CC4)nc3C(F)(F)F)nc2)cc1. The van der Waals surface area contributed by atoms with Crippen molar-refractivity contribution in [3.63, 3.8) is 0 Å². The third kappa shape index (κ3) is 6.93. The molecule has 0 unspecified atom stereocenters. The van der Waals surface area contributed by atoms with Gasteiger partial charge in [0, 0.05) is 42.5 Å². The van der Waals surface area contributed by atoms with E-state index < -0.39 is 23.4 Å². The summed E-state index contributed by atoms with van der Waals surface area (Å²) < 4.78 is 47.3. The van der Waals surface area contributed by atoms with Gasteiger partial charge >= 0.3 is 6.18 Å². The second-order valence-corrected chi connectivity index (χ2v) is 11.6. The number of aromatic nitrogens is 2. The first kappa shape index (κ1) is 31.0. The fourth-order valence-electron chi connectivity index (χ4n) is 5.83. The van der Waals surface area contributed by atoms with Crippen LogP contribution in [-0.4, -0.2) is 34.6 Å². The van der Waals surface area contributed by atoms with Crippen molar-refractivity contribution in [3.8, 4) is 11.1 Å². The number of carbonyl (C=O) groups excluding carboxylic acids is 2. The van der Waals surface area contributed by atoms with Gasteiger partial charge in [0.05, 0.1) is 6.42 Å². The van der Waals surface area contributed by atoms with Gasteiger partial charge in [-0.15, -0.1) is 0 Å². The van der Waals surface area contributed by atoms with E-state index in [1.165, 1.54) is 5.56 Å². The molecule has 6 nitrogen and oxygen atoms in total. The summed E-state index contributed by atoms with van der Waals surface area (Å²) in [5.74, 6) is -1.33. The van der Waals surface area contributed by atoms with Crippen LogP contribution in [0.25, 0.3) is 11.1 Å². The summed E-state index contributed by atoms with van der Waals surface area (Å²) in [6.07, 6.45) is -1.88. The third-order valence-corrected chi connectivity index (χ3v) is 8.49. The molecule has 0 spiro atoms. The maximum Gasteiger partial charge on any atom is 0.437 e. The van der Waals surface area contributed by atoms with Gasteiger partial charge < -0.3 is 9.32 Å². The lowest BCUT2D eigenvalue weighted by Crippen LogP contribution is -2.33. The zero-order valence-electron chi connectivity index (χ0n) is 25.3. The lowest BCUT2D eigenvalue weighted by molar-refractivity contribution is -0.141. The van der Waals surface area contributed by atoms with Crippen LogP contribution in [0, 0.1) is 6.92 Å². The summed E-state index contributed by atoms with van der Waals surface area (Å²) in [6.45, 7) is 2.91. The summed E-state index contributed by atoms with van der Waals surface area (Å²) >= 11 is 0. The maximum absolute atomic E-state index is 13.9. The zero-order valence-corrected chi connectivity index (χ0v) is 25.3. The molecule has 3 aromatic carbocycles. The van der Waals surface area contributed by atoms with E-state index in [2.05, 4.69) is 22.1 Å². The predicted octanol–water partition coefficient (Wildman–Crippen LogP) is 8.30. The third-order valence-electron chi connectivity index (χ3n) is 8.49. The number of hydrogen-bond donors (Lipinski definition) is 0. The number of pyridine rings is 1. The molecular weight excluding hydrogens is 591 g/mol. The molecule has 1 saturated heterocycles. The van der Waals surface area contributed by atoms with Gasteiger partial charge in [0.2, 0.25) is 11.5 Å². The molecule has 5 aromatic rings. The van der Waals surface area contributed by atoms with Gasteiger partial charge in [-0.2, -0.15) is 18.2 Å². The Kier molecular flexibility index (Phi) is 8.83. The monoisotopic (exact) mass is 623 g/mol. The largest absolute Gasteiger partial charge is 0.437 e. The molecule has 6 rings (SSSR count). The van der Waals surface area contributed by atoms with Gasteiger partial charge in [-0.05, 0) is 54.0 Å². The summed E-state index contributed by atoms with van der Waals surface area (Å²) in [6, 6.07) is 28.1. The number of aryl methyl sites for hydroxylation is 1. The summed E-state index contributed by atoms with van der Waals surface area (Å²) in [4.78, 5) is 35.6. The van der Waals surface area contributed by atoms with E-state index in [1.807, 2.05) is 61.5 Å².